The predicted octanol–water partition coefficient (Wildman–Crippen LogP) is 1.86. The molecule has 0 radical (unpaired) electrons. The van der Waals surface area contributed by atoms with Crippen LogP contribution in [-0.4, -0.2) is 23.8 Å². The van der Waals surface area contributed by atoms with Gasteiger partial charge in [0.25, 0.3) is 0 Å². The van der Waals surface area contributed by atoms with Gasteiger partial charge >= 0.3 is 0 Å². The Morgan fingerprint density at radius 3 is 2.90 bits per heavy atom. The highest BCUT2D eigenvalue weighted by molar-refractivity contribution is 5.79. The Morgan fingerprint density at radius 2 is 2.30 bits per heavy atom. The normalized spacial score (nSPS) is 19.7. The van der Waals surface area contributed by atoms with Crippen molar-refractivity contribution >= 4 is 5.84 Å². The van der Waals surface area contributed by atoms with E-state index in [1.54, 1.807) is 0 Å². The van der Waals surface area contributed by atoms with E-state index in [9.17, 15) is 0 Å². The Balaban J connectivity index is 2.32. The fourth-order valence-electron chi connectivity index (χ4n) is 1.40. The Kier molecular flexibility index (Phi) is 2.72. The number of likely N-dealkylation sites (tertiary alicyclic amines) is 1. The van der Waals surface area contributed by atoms with Gasteiger partial charge in [-0.1, -0.05) is 6.92 Å². The average Bonchev–Trinajstić information content (AvgIpc) is 1.94. The fourth-order valence-corrected chi connectivity index (χ4v) is 1.40. The highest BCUT2D eigenvalue weighted by Gasteiger charge is 2.12. The summed E-state index contributed by atoms with van der Waals surface area (Å²) in [6.45, 7) is 4.37. The van der Waals surface area contributed by atoms with Gasteiger partial charge in [0.1, 0.15) is 0 Å². The lowest BCUT2D eigenvalue weighted by Crippen LogP contribution is -2.35. The molecule has 2 nitrogen and oxygen atoms in total. The molecule has 0 atom stereocenters. The first-order valence-electron chi connectivity index (χ1n) is 4.17. The molecule has 1 rings (SSSR count). The molecule has 0 amide bonds. The molecule has 0 aromatic rings. The maximum absolute atomic E-state index is 7.58. The van der Waals surface area contributed by atoms with Gasteiger partial charge in [-0.25, -0.2) is 0 Å². The molecule has 2 heteroatoms. The molecule has 10 heavy (non-hydrogen) atoms. The van der Waals surface area contributed by atoms with Gasteiger partial charge in [-0.2, -0.15) is 0 Å². The fraction of sp³-hybridized carbons (Fsp3) is 0.875. The molecule has 1 N–H and O–H groups in total. The van der Waals surface area contributed by atoms with Gasteiger partial charge < -0.3 is 4.90 Å². The van der Waals surface area contributed by atoms with Crippen molar-refractivity contribution in [2.24, 2.45) is 0 Å². The minimum Gasteiger partial charge on any atom is -0.361 e. The molecule has 0 unspecified atom stereocenters. The van der Waals surface area contributed by atoms with Crippen LogP contribution in [0.4, 0.5) is 0 Å². The number of amidine groups is 1. The van der Waals surface area contributed by atoms with Crippen LogP contribution in [0.15, 0.2) is 0 Å². The molecule has 1 fully saturated rings. The molecule has 0 aliphatic carbocycles. The first-order valence-corrected chi connectivity index (χ1v) is 4.17. The maximum Gasteiger partial charge on any atom is 0.0957 e. The average molecular weight is 140 g/mol. The molecule has 0 aromatic carbocycles. The van der Waals surface area contributed by atoms with E-state index in [1.807, 2.05) is 0 Å². The lowest BCUT2D eigenvalue weighted by Gasteiger charge is -2.28. The maximum atomic E-state index is 7.58. The lowest BCUT2D eigenvalue weighted by molar-refractivity contribution is 0.367. The summed E-state index contributed by atoms with van der Waals surface area (Å²) in [5, 5.41) is 7.58. The first kappa shape index (κ1) is 7.58. The minimum absolute atomic E-state index is 0.855. The monoisotopic (exact) mass is 140 g/mol. The van der Waals surface area contributed by atoms with Crippen LogP contribution in [-0.2, 0) is 0 Å². The second-order valence-corrected chi connectivity index (χ2v) is 2.89. The third-order valence-electron chi connectivity index (χ3n) is 1.97. The van der Waals surface area contributed by atoms with Crippen molar-refractivity contribution in [1.82, 2.24) is 4.90 Å². The van der Waals surface area contributed by atoms with Crippen LogP contribution in [0.3, 0.4) is 0 Å². The second kappa shape index (κ2) is 3.59. The topological polar surface area (TPSA) is 27.1 Å². The lowest BCUT2D eigenvalue weighted by atomic mass is 10.1. The van der Waals surface area contributed by atoms with Crippen LogP contribution in [0.25, 0.3) is 0 Å². The Morgan fingerprint density at radius 1 is 1.50 bits per heavy atom. The van der Waals surface area contributed by atoms with Crippen molar-refractivity contribution in [2.75, 3.05) is 13.1 Å². The summed E-state index contributed by atoms with van der Waals surface area (Å²) < 4.78 is 0. The van der Waals surface area contributed by atoms with Crippen molar-refractivity contribution < 1.29 is 0 Å². The summed E-state index contributed by atoms with van der Waals surface area (Å²) in [4.78, 5) is 2.20. The van der Waals surface area contributed by atoms with E-state index in [1.165, 1.54) is 19.3 Å². The third-order valence-corrected chi connectivity index (χ3v) is 1.97. The number of rotatable bonds is 2. The van der Waals surface area contributed by atoms with Crippen molar-refractivity contribution in [3.63, 3.8) is 0 Å². The van der Waals surface area contributed by atoms with E-state index in [4.69, 9.17) is 5.41 Å². The molecule has 1 aliphatic heterocycles. The van der Waals surface area contributed by atoms with Gasteiger partial charge in [0.2, 0.25) is 0 Å². The van der Waals surface area contributed by atoms with E-state index in [-0.39, 0.29) is 0 Å². The number of nitrogens with zero attached hydrogens (tertiary/aromatic N) is 1. The smallest absolute Gasteiger partial charge is 0.0957 e. The van der Waals surface area contributed by atoms with Crippen LogP contribution in [0, 0.1) is 5.41 Å². The second-order valence-electron chi connectivity index (χ2n) is 2.89. The molecule has 0 aromatic heterocycles. The molecule has 1 heterocycles. The highest BCUT2D eigenvalue weighted by Crippen LogP contribution is 2.10. The first-order chi connectivity index (χ1) is 4.84. The predicted molar refractivity (Wildman–Crippen MR) is 43.4 cm³/mol. The van der Waals surface area contributed by atoms with Gasteiger partial charge in [-0.3, -0.25) is 5.41 Å². The largest absolute Gasteiger partial charge is 0.361 e. The van der Waals surface area contributed by atoms with Gasteiger partial charge in [-0.05, 0) is 19.3 Å². The van der Waals surface area contributed by atoms with Crippen molar-refractivity contribution in [1.29, 1.82) is 5.41 Å². The molecule has 1 saturated heterocycles. The standard InChI is InChI=1S/C8H16N2/c1-2-6-10-7-4-3-5-8(10)9/h9H,2-7H2,1H3. The van der Waals surface area contributed by atoms with E-state index < -0.39 is 0 Å². The van der Waals surface area contributed by atoms with E-state index in [0.29, 0.717) is 0 Å². The molecule has 0 spiro atoms. The van der Waals surface area contributed by atoms with Crippen LogP contribution >= 0.6 is 0 Å². The third kappa shape index (κ3) is 1.72. The summed E-state index contributed by atoms with van der Waals surface area (Å²) in [7, 11) is 0. The molecule has 1 aliphatic rings. The van der Waals surface area contributed by atoms with Gasteiger partial charge in [0.05, 0.1) is 5.84 Å². The SMILES string of the molecule is CCCN1CCCCC1=N. The highest BCUT2D eigenvalue weighted by atomic mass is 15.2. The summed E-state index contributed by atoms with van der Waals surface area (Å²) in [5.41, 5.74) is 0. The zero-order valence-electron chi connectivity index (χ0n) is 6.69. The van der Waals surface area contributed by atoms with E-state index in [0.717, 1.165) is 25.3 Å². The van der Waals surface area contributed by atoms with Crippen LogP contribution < -0.4 is 0 Å². The van der Waals surface area contributed by atoms with E-state index in [2.05, 4.69) is 11.8 Å². The minimum atomic E-state index is 0.855. The molecular weight excluding hydrogens is 124 g/mol. The molecule has 0 saturated carbocycles. The van der Waals surface area contributed by atoms with E-state index >= 15 is 0 Å². The van der Waals surface area contributed by atoms with Crippen LogP contribution in [0.2, 0.25) is 0 Å². The quantitative estimate of drug-likeness (QED) is 0.622. The summed E-state index contributed by atoms with van der Waals surface area (Å²) >= 11 is 0. The van der Waals surface area contributed by atoms with Crippen molar-refractivity contribution in [2.45, 2.75) is 32.6 Å². The zero-order chi connectivity index (χ0) is 7.40. The van der Waals surface area contributed by atoms with Crippen LogP contribution in [0.1, 0.15) is 32.6 Å². The molecular formula is C8H16N2. The number of piperidine rings is 1. The van der Waals surface area contributed by atoms with Gasteiger partial charge in [0, 0.05) is 19.5 Å². The van der Waals surface area contributed by atoms with Crippen molar-refractivity contribution in [3.05, 3.63) is 0 Å². The Labute approximate surface area is 62.7 Å². The Hall–Kier alpha value is -0.530. The zero-order valence-corrected chi connectivity index (χ0v) is 6.69. The van der Waals surface area contributed by atoms with Gasteiger partial charge in [-0.15, -0.1) is 0 Å². The number of nitrogens with one attached hydrogen (secondary N) is 1. The van der Waals surface area contributed by atoms with Crippen LogP contribution in [0.5, 0.6) is 0 Å². The molecule has 58 valence electrons. The number of hydrogen-bond donors (Lipinski definition) is 1. The Bertz CT molecular complexity index is 118. The van der Waals surface area contributed by atoms with Gasteiger partial charge in [0.15, 0.2) is 0 Å². The molecule has 0 bridgehead atoms. The summed E-state index contributed by atoms with van der Waals surface area (Å²) in [6.07, 6.45) is 4.67. The summed E-state index contributed by atoms with van der Waals surface area (Å²) in [6, 6.07) is 0. The number of hydrogen-bond acceptors (Lipinski definition) is 1. The van der Waals surface area contributed by atoms with Crippen molar-refractivity contribution in [3.8, 4) is 0 Å². The summed E-state index contributed by atoms with van der Waals surface area (Å²) in [5.74, 6) is 0.855.